The number of nitrogens with zero attached hydrogens (tertiary/aromatic N) is 5. The molecule has 1 N–H and O–H groups in total. The molecule has 0 atom stereocenters. The standard InChI is InChI=1S/C20H14BrF3N6O/c21-15-5-1-13(2-6-15)11-29-12-25-19(28-29)26-18(31)14-3-7-16(8-4-14)30-10-9-17(27-30)20(22,23)24/h1-10,12H,11H2,(H,26,28,31). The van der Waals surface area contributed by atoms with Gasteiger partial charge in [-0.15, -0.1) is 5.10 Å². The third-order valence-corrected chi connectivity index (χ3v) is 4.82. The van der Waals surface area contributed by atoms with Crippen molar-refractivity contribution >= 4 is 27.8 Å². The Hall–Kier alpha value is -3.47. The summed E-state index contributed by atoms with van der Waals surface area (Å²) >= 11 is 3.38. The summed E-state index contributed by atoms with van der Waals surface area (Å²) in [5.74, 6) is -0.294. The molecule has 0 unspecified atom stereocenters. The number of rotatable bonds is 5. The highest BCUT2D eigenvalue weighted by atomic mass is 79.9. The molecule has 31 heavy (non-hydrogen) atoms. The molecule has 4 aromatic rings. The second-order valence-electron chi connectivity index (χ2n) is 6.54. The van der Waals surface area contributed by atoms with Crippen molar-refractivity contribution in [3.63, 3.8) is 0 Å². The van der Waals surface area contributed by atoms with E-state index in [-0.39, 0.29) is 5.95 Å². The monoisotopic (exact) mass is 490 g/mol. The van der Waals surface area contributed by atoms with E-state index in [0.717, 1.165) is 20.8 Å². The molecule has 2 aromatic carbocycles. The fraction of sp³-hybridized carbons (Fsp3) is 0.100. The molecule has 2 heterocycles. The summed E-state index contributed by atoms with van der Waals surface area (Å²) in [7, 11) is 0. The Bertz CT molecular complexity index is 1200. The van der Waals surface area contributed by atoms with E-state index in [1.807, 2.05) is 24.3 Å². The zero-order chi connectivity index (χ0) is 22.0. The van der Waals surface area contributed by atoms with Crippen LogP contribution in [0, 0.1) is 0 Å². The van der Waals surface area contributed by atoms with E-state index >= 15 is 0 Å². The Labute approximate surface area is 182 Å². The summed E-state index contributed by atoms with van der Waals surface area (Å²) < 4.78 is 41.7. The van der Waals surface area contributed by atoms with Gasteiger partial charge >= 0.3 is 6.18 Å². The first-order valence-corrected chi connectivity index (χ1v) is 9.76. The molecule has 0 aliphatic carbocycles. The van der Waals surface area contributed by atoms with Gasteiger partial charge in [-0.2, -0.15) is 18.3 Å². The number of carbonyl (C=O) groups excluding carboxylic acids is 1. The van der Waals surface area contributed by atoms with Crippen LogP contribution in [0.25, 0.3) is 5.69 Å². The number of aromatic nitrogens is 5. The maximum Gasteiger partial charge on any atom is 0.435 e. The number of hydrogen-bond donors (Lipinski definition) is 1. The van der Waals surface area contributed by atoms with Crippen molar-refractivity contribution in [1.82, 2.24) is 24.5 Å². The summed E-state index contributed by atoms with van der Waals surface area (Å²) in [6.45, 7) is 0.495. The fourth-order valence-electron chi connectivity index (χ4n) is 2.76. The second-order valence-corrected chi connectivity index (χ2v) is 7.45. The minimum Gasteiger partial charge on any atom is -0.289 e. The van der Waals surface area contributed by atoms with Gasteiger partial charge in [-0.25, -0.2) is 14.3 Å². The molecule has 0 saturated carbocycles. The van der Waals surface area contributed by atoms with Gasteiger partial charge in [0, 0.05) is 16.2 Å². The van der Waals surface area contributed by atoms with E-state index in [4.69, 9.17) is 0 Å². The molecule has 0 bridgehead atoms. The van der Waals surface area contributed by atoms with Gasteiger partial charge in [-0.3, -0.25) is 10.1 Å². The van der Waals surface area contributed by atoms with Gasteiger partial charge in [0.05, 0.1) is 12.2 Å². The lowest BCUT2D eigenvalue weighted by atomic mass is 10.2. The third-order valence-electron chi connectivity index (χ3n) is 4.29. The molecule has 0 spiro atoms. The SMILES string of the molecule is O=C(Nc1ncn(Cc2ccc(Br)cc2)n1)c1ccc(-n2ccc(C(F)(F)F)n2)cc1. The smallest absolute Gasteiger partial charge is 0.289 e. The quantitative estimate of drug-likeness (QED) is 0.445. The molecule has 0 aliphatic rings. The number of nitrogens with one attached hydrogen (secondary N) is 1. The van der Waals surface area contributed by atoms with Gasteiger partial charge in [0.25, 0.3) is 5.91 Å². The highest BCUT2D eigenvalue weighted by Gasteiger charge is 2.33. The van der Waals surface area contributed by atoms with Crippen molar-refractivity contribution in [3.05, 3.63) is 88.4 Å². The molecule has 0 fully saturated rings. The van der Waals surface area contributed by atoms with Gasteiger partial charge in [0.15, 0.2) is 5.69 Å². The van der Waals surface area contributed by atoms with E-state index in [2.05, 4.69) is 36.4 Å². The van der Waals surface area contributed by atoms with E-state index in [0.29, 0.717) is 17.8 Å². The van der Waals surface area contributed by atoms with Crippen LogP contribution in [0.1, 0.15) is 21.6 Å². The number of alkyl halides is 3. The average molecular weight is 491 g/mol. The molecular weight excluding hydrogens is 477 g/mol. The second kappa shape index (κ2) is 8.34. The molecule has 1 amide bonds. The van der Waals surface area contributed by atoms with Crippen LogP contribution in [-0.2, 0) is 12.7 Å². The normalized spacial score (nSPS) is 11.5. The summed E-state index contributed by atoms with van der Waals surface area (Å²) in [6, 6.07) is 14.6. The molecule has 0 aliphatic heterocycles. The van der Waals surface area contributed by atoms with Crippen LogP contribution in [0.2, 0.25) is 0 Å². The molecular formula is C20H14BrF3N6O. The Morgan fingerprint density at radius 1 is 1.00 bits per heavy atom. The molecule has 0 radical (unpaired) electrons. The summed E-state index contributed by atoms with van der Waals surface area (Å²) in [5, 5.41) is 10.3. The van der Waals surface area contributed by atoms with Crippen molar-refractivity contribution in [1.29, 1.82) is 0 Å². The number of benzene rings is 2. The minimum absolute atomic E-state index is 0.146. The van der Waals surface area contributed by atoms with Gasteiger partial charge in [0.1, 0.15) is 6.33 Å². The molecule has 4 rings (SSSR count). The van der Waals surface area contributed by atoms with E-state index in [9.17, 15) is 18.0 Å². The van der Waals surface area contributed by atoms with Crippen LogP contribution in [-0.4, -0.2) is 30.5 Å². The van der Waals surface area contributed by atoms with Gasteiger partial charge < -0.3 is 0 Å². The van der Waals surface area contributed by atoms with Crippen LogP contribution in [0.3, 0.4) is 0 Å². The zero-order valence-corrected chi connectivity index (χ0v) is 17.3. The molecule has 158 valence electrons. The largest absolute Gasteiger partial charge is 0.435 e. The lowest BCUT2D eigenvalue weighted by molar-refractivity contribution is -0.141. The van der Waals surface area contributed by atoms with Crippen molar-refractivity contribution < 1.29 is 18.0 Å². The molecule has 7 nitrogen and oxygen atoms in total. The highest BCUT2D eigenvalue weighted by molar-refractivity contribution is 9.10. The Morgan fingerprint density at radius 2 is 1.71 bits per heavy atom. The highest BCUT2D eigenvalue weighted by Crippen LogP contribution is 2.27. The Balaban J connectivity index is 1.40. The van der Waals surface area contributed by atoms with Crippen molar-refractivity contribution in [2.75, 3.05) is 5.32 Å². The Kier molecular flexibility index (Phi) is 5.59. The van der Waals surface area contributed by atoms with Gasteiger partial charge in [-0.1, -0.05) is 28.1 Å². The van der Waals surface area contributed by atoms with E-state index in [1.54, 1.807) is 4.68 Å². The maximum atomic E-state index is 12.7. The van der Waals surface area contributed by atoms with Crippen molar-refractivity contribution in [2.45, 2.75) is 12.7 Å². The molecule has 2 aromatic heterocycles. The lowest BCUT2D eigenvalue weighted by Gasteiger charge is -2.05. The summed E-state index contributed by atoms with van der Waals surface area (Å²) in [5.41, 5.74) is 0.730. The predicted molar refractivity (Wildman–Crippen MR) is 110 cm³/mol. The van der Waals surface area contributed by atoms with Crippen LogP contribution < -0.4 is 5.32 Å². The average Bonchev–Trinajstić information content (AvgIpc) is 3.40. The zero-order valence-electron chi connectivity index (χ0n) is 15.7. The number of anilines is 1. The van der Waals surface area contributed by atoms with Crippen LogP contribution in [0.4, 0.5) is 19.1 Å². The summed E-state index contributed by atoms with van der Waals surface area (Å²) in [6.07, 6.45) is -1.80. The predicted octanol–water partition coefficient (Wildman–Crippen LogP) is 4.55. The maximum absolute atomic E-state index is 12.7. The van der Waals surface area contributed by atoms with E-state index in [1.165, 1.54) is 36.8 Å². The molecule has 0 saturated heterocycles. The van der Waals surface area contributed by atoms with Crippen LogP contribution >= 0.6 is 15.9 Å². The van der Waals surface area contributed by atoms with Gasteiger partial charge in [-0.05, 0) is 48.0 Å². The number of amides is 1. The third kappa shape index (κ3) is 5.00. The Morgan fingerprint density at radius 3 is 2.35 bits per heavy atom. The van der Waals surface area contributed by atoms with Gasteiger partial charge in [0.2, 0.25) is 5.95 Å². The minimum atomic E-state index is -4.52. The van der Waals surface area contributed by atoms with Crippen molar-refractivity contribution in [3.8, 4) is 5.69 Å². The number of halogens is 4. The summed E-state index contributed by atoms with van der Waals surface area (Å²) in [4.78, 5) is 16.5. The molecule has 11 heteroatoms. The fourth-order valence-corrected chi connectivity index (χ4v) is 3.03. The number of carbonyl (C=O) groups is 1. The van der Waals surface area contributed by atoms with Crippen molar-refractivity contribution in [2.24, 2.45) is 0 Å². The van der Waals surface area contributed by atoms with Crippen LogP contribution in [0.5, 0.6) is 0 Å². The van der Waals surface area contributed by atoms with E-state index < -0.39 is 17.8 Å². The van der Waals surface area contributed by atoms with Crippen LogP contribution in [0.15, 0.2) is 71.6 Å². The topological polar surface area (TPSA) is 77.6 Å². The first kappa shape index (κ1) is 20.8. The lowest BCUT2D eigenvalue weighted by Crippen LogP contribution is -2.13. The first-order valence-electron chi connectivity index (χ1n) is 8.96. The first-order chi connectivity index (χ1) is 14.8. The number of hydrogen-bond acceptors (Lipinski definition) is 4.